The van der Waals surface area contributed by atoms with Gasteiger partial charge in [-0.1, -0.05) is 12.8 Å². The molecule has 0 amide bonds. The smallest absolute Gasteiger partial charge is 0.203 e. The van der Waals surface area contributed by atoms with Crippen LogP contribution in [0.25, 0.3) is 0 Å². The number of nitrogens with one attached hydrogen (secondary N) is 2. The number of likely N-dealkylation sites (tertiary alicyclic amines) is 1. The van der Waals surface area contributed by atoms with Crippen molar-refractivity contribution in [3.8, 4) is 17.2 Å². The molecule has 0 atom stereocenters. The Bertz CT molecular complexity index is 620. The summed E-state index contributed by atoms with van der Waals surface area (Å²) in [6, 6.07) is 3.86. The van der Waals surface area contributed by atoms with Crippen LogP contribution in [0.4, 0.5) is 0 Å². The molecule has 2 N–H and O–H groups in total. The van der Waals surface area contributed by atoms with Crippen molar-refractivity contribution in [2.75, 3.05) is 54.6 Å². The van der Waals surface area contributed by atoms with Gasteiger partial charge in [-0.05, 0) is 51.0 Å². The van der Waals surface area contributed by atoms with Crippen LogP contribution in [0.5, 0.6) is 17.2 Å². The van der Waals surface area contributed by atoms with E-state index in [4.69, 9.17) is 14.2 Å². The Morgan fingerprint density at radius 3 is 2.24 bits per heavy atom. The first-order valence-corrected chi connectivity index (χ1v) is 10.2. The van der Waals surface area contributed by atoms with Crippen LogP contribution in [-0.4, -0.2) is 65.4 Å². The highest BCUT2D eigenvalue weighted by Crippen LogP contribution is 2.39. The normalized spacial score (nSPS) is 15.1. The van der Waals surface area contributed by atoms with Gasteiger partial charge in [0.15, 0.2) is 17.5 Å². The molecule has 1 heterocycles. The zero-order chi connectivity index (χ0) is 20.2. The molecule has 0 aliphatic carbocycles. The predicted octanol–water partition coefficient (Wildman–Crippen LogP) is 3.26. The number of aliphatic imine (C=N–C) groups is 1. The second kappa shape index (κ2) is 14.5. The molecule has 0 bridgehead atoms. The molecule has 1 aromatic carbocycles. The van der Waals surface area contributed by atoms with Crippen LogP contribution in [0.3, 0.4) is 0 Å². The van der Waals surface area contributed by atoms with Crippen molar-refractivity contribution in [2.24, 2.45) is 4.99 Å². The molecule has 29 heavy (non-hydrogen) atoms. The highest BCUT2D eigenvalue weighted by Gasteiger charge is 2.16. The van der Waals surface area contributed by atoms with Gasteiger partial charge in [-0.3, -0.25) is 4.99 Å². The summed E-state index contributed by atoms with van der Waals surface area (Å²) >= 11 is 0. The fraction of sp³-hybridized carbons (Fsp3) is 0.667. The Kier molecular flexibility index (Phi) is 12.8. The molecule has 0 unspecified atom stereocenters. The summed E-state index contributed by atoms with van der Waals surface area (Å²) in [6.45, 7) is 5.11. The van der Waals surface area contributed by atoms with Gasteiger partial charge in [-0.15, -0.1) is 24.0 Å². The molecular formula is C21H37IN4O3. The zero-order valence-electron chi connectivity index (χ0n) is 18.3. The SMILES string of the molecule is CN=C(NCCCN1CCCCCC1)NCc1ccc(OC)c(OC)c1OC.I. The second-order valence-electron chi connectivity index (χ2n) is 6.96. The summed E-state index contributed by atoms with van der Waals surface area (Å²) in [5, 5.41) is 6.75. The van der Waals surface area contributed by atoms with Gasteiger partial charge in [0, 0.05) is 25.7 Å². The zero-order valence-corrected chi connectivity index (χ0v) is 20.6. The maximum Gasteiger partial charge on any atom is 0.203 e. The third-order valence-electron chi connectivity index (χ3n) is 5.10. The van der Waals surface area contributed by atoms with Crippen LogP contribution in [-0.2, 0) is 6.54 Å². The summed E-state index contributed by atoms with van der Waals surface area (Å²) in [4.78, 5) is 6.90. The number of ether oxygens (including phenoxy) is 3. The van der Waals surface area contributed by atoms with Gasteiger partial charge >= 0.3 is 0 Å². The number of benzene rings is 1. The highest BCUT2D eigenvalue weighted by molar-refractivity contribution is 14.0. The number of guanidine groups is 1. The molecule has 166 valence electrons. The average Bonchev–Trinajstić information content (AvgIpc) is 3.01. The van der Waals surface area contributed by atoms with E-state index >= 15 is 0 Å². The van der Waals surface area contributed by atoms with Crippen LogP contribution in [0.2, 0.25) is 0 Å². The van der Waals surface area contributed by atoms with Crippen molar-refractivity contribution >= 4 is 29.9 Å². The molecule has 0 saturated carbocycles. The minimum atomic E-state index is 0. The molecule has 1 aliphatic heterocycles. The standard InChI is InChI=1S/C21H36N4O3.HI/c1-22-21(23-12-9-15-25-13-7-5-6-8-14-25)24-16-17-10-11-18(26-2)20(28-4)19(17)27-3;/h10-11H,5-9,12-16H2,1-4H3,(H2,22,23,24);1H. The van der Waals surface area contributed by atoms with Crippen molar-refractivity contribution in [3.63, 3.8) is 0 Å². The van der Waals surface area contributed by atoms with Crippen molar-refractivity contribution in [1.82, 2.24) is 15.5 Å². The number of methoxy groups -OCH3 is 3. The monoisotopic (exact) mass is 520 g/mol. The van der Waals surface area contributed by atoms with Crippen LogP contribution in [0.1, 0.15) is 37.7 Å². The van der Waals surface area contributed by atoms with E-state index in [1.807, 2.05) is 12.1 Å². The Balaban J connectivity index is 0.00000420. The Morgan fingerprint density at radius 1 is 0.966 bits per heavy atom. The maximum atomic E-state index is 5.54. The first kappa shape index (κ1) is 25.6. The summed E-state index contributed by atoms with van der Waals surface area (Å²) < 4.78 is 16.3. The van der Waals surface area contributed by atoms with Crippen LogP contribution in [0, 0.1) is 0 Å². The number of hydrogen-bond donors (Lipinski definition) is 2. The van der Waals surface area contributed by atoms with E-state index in [0.717, 1.165) is 31.0 Å². The molecular weight excluding hydrogens is 483 g/mol. The molecule has 7 nitrogen and oxygen atoms in total. The minimum absolute atomic E-state index is 0. The average molecular weight is 520 g/mol. The molecule has 2 rings (SSSR count). The third kappa shape index (κ3) is 8.08. The largest absolute Gasteiger partial charge is 0.493 e. The van der Waals surface area contributed by atoms with Gasteiger partial charge in [0.2, 0.25) is 5.75 Å². The highest BCUT2D eigenvalue weighted by atomic mass is 127. The van der Waals surface area contributed by atoms with Gasteiger partial charge in [-0.25, -0.2) is 0 Å². The Labute approximate surface area is 192 Å². The summed E-state index contributed by atoms with van der Waals surface area (Å²) in [5.41, 5.74) is 0.979. The quantitative estimate of drug-likeness (QED) is 0.226. The van der Waals surface area contributed by atoms with Crippen molar-refractivity contribution < 1.29 is 14.2 Å². The Morgan fingerprint density at radius 2 is 1.66 bits per heavy atom. The molecule has 1 aromatic rings. The predicted molar refractivity (Wildman–Crippen MR) is 129 cm³/mol. The summed E-state index contributed by atoms with van der Waals surface area (Å²) in [5.74, 6) is 2.71. The summed E-state index contributed by atoms with van der Waals surface area (Å²) in [6.07, 6.45) is 6.55. The number of hydrogen-bond acceptors (Lipinski definition) is 5. The van der Waals surface area contributed by atoms with Crippen LogP contribution < -0.4 is 24.8 Å². The Hall–Kier alpha value is -1.42. The molecule has 0 radical (unpaired) electrons. The topological polar surface area (TPSA) is 67.4 Å². The van der Waals surface area contributed by atoms with Crippen LogP contribution in [0.15, 0.2) is 17.1 Å². The van der Waals surface area contributed by atoms with E-state index in [-0.39, 0.29) is 24.0 Å². The van der Waals surface area contributed by atoms with E-state index in [1.165, 1.54) is 38.8 Å². The van der Waals surface area contributed by atoms with Crippen molar-refractivity contribution in [2.45, 2.75) is 38.6 Å². The van der Waals surface area contributed by atoms with E-state index < -0.39 is 0 Å². The lowest BCUT2D eigenvalue weighted by Crippen LogP contribution is -2.38. The van der Waals surface area contributed by atoms with E-state index in [0.29, 0.717) is 23.8 Å². The molecule has 0 spiro atoms. The molecule has 0 aromatic heterocycles. The lowest BCUT2D eigenvalue weighted by Gasteiger charge is -2.20. The van der Waals surface area contributed by atoms with Gasteiger partial charge in [0.1, 0.15) is 0 Å². The first-order chi connectivity index (χ1) is 13.7. The van der Waals surface area contributed by atoms with Crippen LogP contribution >= 0.6 is 24.0 Å². The van der Waals surface area contributed by atoms with E-state index in [9.17, 15) is 0 Å². The first-order valence-electron chi connectivity index (χ1n) is 10.2. The van der Waals surface area contributed by atoms with Crippen molar-refractivity contribution in [3.05, 3.63) is 17.7 Å². The molecule has 8 heteroatoms. The molecule has 1 saturated heterocycles. The third-order valence-corrected chi connectivity index (χ3v) is 5.10. The van der Waals surface area contributed by atoms with Gasteiger partial charge < -0.3 is 29.7 Å². The fourth-order valence-corrected chi connectivity index (χ4v) is 3.57. The molecule has 1 fully saturated rings. The number of nitrogens with zero attached hydrogens (tertiary/aromatic N) is 2. The van der Waals surface area contributed by atoms with Crippen molar-refractivity contribution in [1.29, 1.82) is 0 Å². The summed E-state index contributed by atoms with van der Waals surface area (Å²) in [7, 11) is 6.65. The second-order valence-corrected chi connectivity index (χ2v) is 6.96. The fourth-order valence-electron chi connectivity index (χ4n) is 3.57. The lowest BCUT2D eigenvalue weighted by atomic mass is 10.1. The lowest BCUT2D eigenvalue weighted by molar-refractivity contribution is 0.282. The van der Waals surface area contributed by atoms with Gasteiger partial charge in [0.25, 0.3) is 0 Å². The van der Waals surface area contributed by atoms with Gasteiger partial charge in [0.05, 0.1) is 21.3 Å². The molecule has 1 aliphatic rings. The number of rotatable bonds is 9. The maximum absolute atomic E-state index is 5.54. The van der Waals surface area contributed by atoms with E-state index in [2.05, 4.69) is 20.5 Å². The van der Waals surface area contributed by atoms with Gasteiger partial charge in [-0.2, -0.15) is 0 Å². The number of halogens is 1. The van der Waals surface area contributed by atoms with E-state index in [1.54, 1.807) is 28.4 Å². The minimum Gasteiger partial charge on any atom is -0.493 e.